The molecule has 4 rings (SSSR count). The molecule has 1 N–H and O–H groups in total. The summed E-state index contributed by atoms with van der Waals surface area (Å²) in [5.41, 5.74) is 4.87. The summed E-state index contributed by atoms with van der Waals surface area (Å²) in [5, 5.41) is 1.13. The van der Waals surface area contributed by atoms with E-state index in [1.54, 1.807) is 0 Å². The maximum atomic E-state index is 11.6. The van der Waals surface area contributed by atoms with E-state index in [9.17, 15) is 9.59 Å². The molecule has 0 saturated heterocycles. The van der Waals surface area contributed by atoms with Gasteiger partial charge in [0.1, 0.15) is 11.3 Å². The molecule has 0 fully saturated rings. The number of aryl methyl sites for hydroxylation is 1. The van der Waals surface area contributed by atoms with Crippen LogP contribution < -0.4 is 11.4 Å². The van der Waals surface area contributed by atoms with Gasteiger partial charge < -0.3 is 8.94 Å². The number of fused-ring (bicyclic) bond motifs is 1. The normalized spacial score (nSPS) is 12.0. The fourth-order valence-electron chi connectivity index (χ4n) is 3.77. The van der Waals surface area contributed by atoms with Gasteiger partial charge in [-0.2, -0.15) is 0 Å². The van der Waals surface area contributed by atoms with Crippen molar-refractivity contribution < 1.29 is 8.94 Å². The zero-order valence-electron chi connectivity index (χ0n) is 17.1. The monoisotopic (exact) mass is 404 g/mol. The fourth-order valence-corrected chi connectivity index (χ4v) is 3.77. The first kappa shape index (κ1) is 19.8. The van der Waals surface area contributed by atoms with Crippen LogP contribution in [0.5, 0.6) is 0 Å². The second kappa shape index (κ2) is 8.45. The van der Waals surface area contributed by atoms with E-state index in [0.29, 0.717) is 0 Å². The first-order chi connectivity index (χ1) is 14.6. The Morgan fingerprint density at radius 2 is 1.90 bits per heavy atom. The Morgan fingerprint density at radius 1 is 1.10 bits per heavy atom. The van der Waals surface area contributed by atoms with Crippen molar-refractivity contribution in [2.75, 3.05) is 0 Å². The molecule has 2 aromatic heterocycles. The minimum Gasteiger partial charge on any atom is -0.461 e. The summed E-state index contributed by atoms with van der Waals surface area (Å²) in [6.07, 6.45) is 4.33. The van der Waals surface area contributed by atoms with Crippen LogP contribution in [0.1, 0.15) is 42.7 Å². The summed E-state index contributed by atoms with van der Waals surface area (Å²) in [5.74, 6) is 0.259. The van der Waals surface area contributed by atoms with E-state index < -0.39 is 11.4 Å². The number of aromatic nitrogens is 2. The van der Waals surface area contributed by atoms with Crippen LogP contribution in [-0.4, -0.2) is 9.72 Å². The van der Waals surface area contributed by atoms with Crippen LogP contribution in [0.3, 0.4) is 0 Å². The van der Waals surface area contributed by atoms with Crippen molar-refractivity contribution in [1.82, 2.24) is 9.72 Å². The van der Waals surface area contributed by atoms with Crippen molar-refractivity contribution in [2.24, 2.45) is 0 Å². The third-order valence-corrected chi connectivity index (χ3v) is 5.31. The number of allylic oxidation sites excluding steroid dienone is 2. The Kier molecular flexibility index (Phi) is 5.57. The molecular formula is C24H24N2O4. The fraction of sp³-hybridized carbons (Fsp3) is 0.250. The molecule has 6 heteroatoms. The molecular weight excluding hydrogens is 380 g/mol. The molecule has 30 heavy (non-hydrogen) atoms. The lowest BCUT2D eigenvalue weighted by Gasteiger charge is -2.06. The lowest BCUT2D eigenvalue weighted by Crippen LogP contribution is -2.16. The summed E-state index contributed by atoms with van der Waals surface area (Å²) in [4.78, 5) is 24.9. The van der Waals surface area contributed by atoms with Gasteiger partial charge in [0.2, 0.25) is 0 Å². The van der Waals surface area contributed by atoms with Gasteiger partial charge in [0.05, 0.1) is 6.54 Å². The predicted octanol–water partition coefficient (Wildman–Crippen LogP) is 4.52. The zero-order valence-corrected chi connectivity index (χ0v) is 17.1. The summed E-state index contributed by atoms with van der Waals surface area (Å²) >= 11 is 0. The average Bonchev–Trinajstić information content (AvgIpc) is 3.27. The van der Waals surface area contributed by atoms with Crippen LogP contribution in [0.4, 0.5) is 0 Å². The van der Waals surface area contributed by atoms with Gasteiger partial charge in [-0.05, 0) is 29.2 Å². The summed E-state index contributed by atoms with van der Waals surface area (Å²) < 4.78 is 12.0. The lowest BCUT2D eigenvalue weighted by atomic mass is 9.98. The largest absolute Gasteiger partial charge is 0.461 e. The molecule has 0 saturated carbocycles. The van der Waals surface area contributed by atoms with E-state index in [2.05, 4.69) is 48.3 Å². The molecule has 0 bridgehead atoms. The Morgan fingerprint density at radius 3 is 2.57 bits per heavy atom. The SMILES string of the molecule is CC/C(=C\Cn1oc(=O)[nH]c1=O)c1ccc2c(Cc3ccccc3)c(CC)oc2c1. The van der Waals surface area contributed by atoms with E-state index in [1.165, 1.54) is 11.1 Å². The van der Waals surface area contributed by atoms with Gasteiger partial charge in [-0.25, -0.2) is 14.6 Å². The number of benzene rings is 2. The molecule has 0 spiro atoms. The Balaban J connectivity index is 1.68. The van der Waals surface area contributed by atoms with Crippen LogP contribution >= 0.6 is 0 Å². The van der Waals surface area contributed by atoms with E-state index in [1.807, 2.05) is 25.1 Å². The number of furan rings is 1. The van der Waals surface area contributed by atoms with Crippen LogP contribution in [0.2, 0.25) is 0 Å². The second-order valence-corrected chi connectivity index (χ2v) is 7.18. The highest BCUT2D eigenvalue weighted by Crippen LogP contribution is 2.31. The lowest BCUT2D eigenvalue weighted by molar-refractivity contribution is 0.261. The molecule has 0 aliphatic heterocycles. The van der Waals surface area contributed by atoms with E-state index in [-0.39, 0.29) is 6.54 Å². The van der Waals surface area contributed by atoms with Crippen LogP contribution in [-0.2, 0) is 19.4 Å². The number of hydrogen-bond donors (Lipinski definition) is 1. The Bertz CT molecular complexity index is 1300. The van der Waals surface area contributed by atoms with E-state index in [4.69, 9.17) is 8.94 Å². The maximum Gasteiger partial charge on any atom is 0.440 e. The molecule has 4 aromatic rings. The van der Waals surface area contributed by atoms with Gasteiger partial charge in [-0.15, -0.1) is 4.74 Å². The van der Waals surface area contributed by atoms with Gasteiger partial charge >= 0.3 is 11.4 Å². The highest BCUT2D eigenvalue weighted by molar-refractivity contribution is 5.86. The minimum atomic E-state index is -0.749. The topological polar surface area (TPSA) is 81.1 Å². The molecule has 2 aromatic carbocycles. The maximum absolute atomic E-state index is 11.6. The second-order valence-electron chi connectivity index (χ2n) is 7.18. The summed E-state index contributed by atoms with van der Waals surface area (Å²) in [6, 6.07) is 16.6. The molecule has 0 radical (unpaired) electrons. The van der Waals surface area contributed by atoms with E-state index >= 15 is 0 Å². The van der Waals surface area contributed by atoms with Crippen molar-refractivity contribution in [2.45, 2.75) is 39.7 Å². The highest BCUT2D eigenvalue weighted by atomic mass is 16.5. The minimum absolute atomic E-state index is 0.191. The molecule has 2 heterocycles. The van der Waals surface area contributed by atoms with Crippen molar-refractivity contribution in [3.8, 4) is 0 Å². The van der Waals surface area contributed by atoms with Crippen molar-refractivity contribution in [3.05, 3.63) is 98.1 Å². The number of hydrogen-bond acceptors (Lipinski definition) is 4. The van der Waals surface area contributed by atoms with E-state index in [0.717, 1.165) is 51.9 Å². The standard InChI is InChI=1S/C24H24N2O4/c1-3-17(12-13-26-23(27)25-24(28)30-26)18-10-11-19-20(14-16-8-6-5-7-9-16)21(4-2)29-22(19)15-18/h5-12,15H,3-4,13-14H2,1-2H3,(H,25,27,28)/b17-12+. The number of H-pyrrole nitrogens is 1. The molecule has 0 aliphatic carbocycles. The quantitative estimate of drug-likeness (QED) is 0.491. The van der Waals surface area contributed by atoms with Gasteiger partial charge in [0.15, 0.2) is 0 Å². The number of nitrogens with zero attached hydrogens (tertiary/aromatic N) is 1. The van der Waals surface area contributed by atoms with Crippen LogP contribution in [0.25, 0.3) is 16.5 Å². The Labute approximate surface area is 173 Å². The molecule has 0 amide bonds. The third kappa shape index (κ3) is 3.94. The van der Waals surface area contributed by atoms with Gasteiger partial charge in [0, 0.05) is 23.8 Å². The number of rotatable bonds is 7. The molecule has 154 valence electrons. The number of aromatic amines is 1. The van der Waals surface area contributed by atoms with Crippen molar-refractivity contribution in [1.29, 1.82) is 0 Å². The van der Waals surface area contributed by atoms with Gasteiger partial charge in [-0.3, -0.25) is 0 Å². The smallest absolute Gasteiger partial charge is 0.440 e. The summed E-state index contributed by atoms with van der Waals surface area (Å²) in [7, 11) is 0. The third-order valence-electron chi connectivity index (χ3n) is 5.31. The zero-order chi connectivity index (χ0) is 21.1. The number of nitrogens with one attached hydrogen (secondary N) is 1. The first-order valence-corrected chi connectivity index (χ1v) is 10.2. The molecule has 6 nitrogen and oxygen atoms in total. The van der Waals surface area contributed by atoms with Crippen molar-refractivity contribution in [3.63, 3.8) is 0 Å². The predicted molar refractivity (Wildman–Crippen MR) is 117 cm³/mol. The summed E-state index contributed by atoms with van der Waals surface area (Å²) in [6.45, 7) is 4.34. The van der Waals surface area contributed by atoms with Gasteiger partial charge in [-0.1, -0.05) is 62.4 Å². The van der Waals surface area contributed by atoms with Crippen molar-refractivity contribution >= 4 is 16.5 Å². The average molecular weight is 404 g/mol. The Hall–Kier alpha value is -3.54. The molecule has 0 aliphatic rings. The molecule has 0 unspecified atom stereocenters. The van der Waals surface area contributed by atoms with Crippen LogP contribution in [0, 0.1) is 0 Å². The first-order valence-electron chi connectivity index (χ1n) is 10.2. The van der Waals surface area contributed by atoms with Crippen LogP contribution in [0.15, 0.2) is 73.1 Å². The molecule has 0 atom stereocenters. The van der Waals surface area contributed by atoms with Gasteiger partial charge in [0.25, 0.3) is 0 Å². The highest BCUT2D eigenvalue weighted by Gasteiger charge is 2.14.